The van der Waals surface area contributed by atoms with Crippen molar-refractivity contribution in [2.45, 2.75) is 41.5 Å². The maximum atomic E-state index is 4.42. The zero-order chi connectivity index (χ0) is 29.9. The summed E-state index contributed by atoms with van der Waals surface area (Å²) in [5.41, 5.74) is 11.7. The Balaban J connectivity index is 0.000000175. The van der Waals surface area contributed by atoms with Crippen LogP contribution in [0.2, 0.25) is 0 Å². The Hall–Kier alpha value is -4.48. The van der Waals surface area contributed by atoms with Gasteiger partial charge in [-0.15, -0.1) is 0 Å². The van der Waals surface area contributed by atoms with Gasteiger partial charge in [-0.1, -0.05) is 36.4 Å². The quantitative estimate of drug-likeness (QED) is 0.179. The molecule has 0 radical (unpaired) electrons. The summed E-state index contributed by atoms with van der Waals surface area (Å²) in [4.78, 5) is 26.5. The van der Waals surface area contributed by atoms with Crippen molar-refractivity contribution in [1.29, 1.82) is 0 Å². The average molecular weight is 654 g/mol. The summed E-state index contributed by atoms with van der Waals surface area (Å²) >= 11 is 0. The maximum absolute atomic E-state index is 4.42. The largest absolute Gasteiger partial charge is 2.00 e. The molecule has 7 heteroatoms. The second-order valence-electron chi connectivity index (χ2n) is 9.99. The van der Waals surface area contributed by atoms with Crippen molar-refractivity contribution in [1.82, 2.24) is 29.9 Å². The minimum atomic E-state index is 0. The minimum Gasteiger partial charge on any atom is -0.251 e. The van der Waals surface area contributed by atoms with Crippen LogP contribution in [0.4, 0.5) is 0 Å². The van der Waals surface area contributed by atoms with E-state index in [1.165, 1.54) is 0 Å². The van der Waals surface area contributed by atoms with E-state index in [1.54, 1.807) is 0 Å². The Labute approximate surface area is 267 Å². The molecule has 0 spiro atoms. The number of hydrogen-bond acceptors (Lipinski definition) is 6. The number of pyridine rings is 6. The maximum Gasteiger partial charge on any atom is 2.00 e. The van der Waals surface area contributed by atoms with Gasteiger partial charge in [0.15, 0.2) is 0 Å². The second-order valence-corrected chi connectivity index (χ2v) is 9.99. The van der Waals surface area contributed by atoms with Crippen LogP contribution in [0.15, 0.2) is 109 Å². The Bertz CT molecular complexity index is 1430. The van der Waals surface area contributed by atoms with E-state index in [9.17, 15) is 0 Å². The molecule has 0 fully saturated rings. The minimum absolute atomic E-state index is 0. The van der Waals surface area contributed by atoms with Gasteiger partial charge in [0.1, 0.15) is 0 Å². The Kier molecular flexibility index (Phi) is 12.5. The van der Waals surface area contributed by atoms with E-state index < -0.39 is 0 Å². The van der Waals surface area contributed by atoms with Crippen molar-refractivity contribution < 1.29 is 19.5 Å². The molecule has 0 unspecified atom stereocenters. The summed E-state index contributed by atoms with van der Waals surface area (Å²) < 4.78 is 0. The molecule has 6 aromatic rings. The van der Waals surface area contributed by atoms with Gasteiger partial charge in [0.2, 0.25) is 0 Å². The number of aryl methyl sites for hydroxylation is 6. The summed E-state index contributed by atoms with van der Waals surface area (Å²) in [6.07, 6.45) is 0. The number of hydrogen-bond donors (Lipinski definition) is 0. The molecule has 43 heavy (non-hydrogen) atoms. The molecular weight excluding hydrogens is 618 g/mol. The van der Waals surface area contributed by atoms with Crippen LogP contribution in [0.3, 0.4) is 0 Å². The number of nitrogens with zero attached hydrogens (tertiary/aromatic N) is 6. The molecule has 0 bridgehead atoms. The molecule has 6 heterocycles. The van der Waals surface area contributed by atoms with E-state index in [2.05, 4.69) is 29.9 Å². The SMILES string of the molecule is Cc1cccc(-c2cccc(C)n2)n1.Cc1cccc(-c2cccc(C)n2)n1.Cc1cccc(-c2cccc(C)n2)n1.[Ru+2]. The van der Waals surface area contributed by atoms with Crippen LogP contribution in [0.5, 0.6) is 0 Å². The predicted octanol–water partition coefficient (Wildman–Crippen LogP) is 8.28. The van der Waals surface area contributed by atoms with Crippen LogP contribution in [0.25, 0.3) is 34.2 Å². The smallest absolute Gasteiger partial charge is 0.251 e. The number of aromatic nitrogens is 6. The van der Waals surface area contributed by atoms with E-state index in [1.807, 2.05) is 151 Å². The summed E-state index contributed by atoms with van der Waals surface area (Å²) in [5, 5.41) is 0. The van der Waals surface area contributed by atoms with Crippen LogP contribution in [-0.4, -0.2) is 29.9 Å². The predicted molar refractivity (Wildman–Crippen MR) is 171 cm³/mol. The monoisotopic (exact) mass is 654 g/mol. The molecule has 6 aromatic heterocycles. The van der Waals surface area contributed by atoms with Gasteiger partial charge in [0.25, 0.3) is 0 Å². The standard InChI is InChI=1S/3C12H12N2.Ru/c3*1-9-5-3-7-11(13-9)12-8-4-6-10(2)14-12;/h3*3-8H,1-2H3;/q;;;+2. The van der Waals surface area contributed by atoms with Crippen molar-refractivity contribution in [2.24, 2.45) is 0 Å². The van der Waals surface area contributed by atoms with Gasteiger partial charge in [0.05, 0.1) is 34.2 Å². The molecular formula is C36H36N6Ru+2. The molecule has 0 saturated carbocycles. The molecule has 216 valence electrons. The van der Waals surface area contributed by atoms with Crippen LogP contribution in [0.1, 0.15) is 34.2 Å². The third-order valence-corrected chi connectivity index (χ3v) is 6.12. The van der Waals surface area contributed by atoms with Crippen LogP contribution < -0.4 is 0 Å². The molecule has 0 atom stereocenters. The molecule has 0 aromatic carbocycles. The molecule has 0 aliphatic rings. The van der Waals surface area contributed by atoms with Gasteiger partial charge >= 0.3 is 19.5 Å². The van der Waals surface area contributed by atoms with E-state index in [4.69, 9.17) is 0 Å². The molecule has 0 amide bonds. The third kappa shape index (κ3) is 10.4. The molecule has 0 saturated heterocycles. The van der Waals surface area contributed by atoms with Crippen molar-refractivity contribution in [3.63, 3.8) is 0 Å². The van der Waals surface area contributed by atoms with Crippen LogP contribution >= 0.6 is 0 Å². The first-order chi connectivity index (χ1) is 20.3. The summed E-state index contributed by atoms with van der Waals surface area (Å²) in [5.74, 6) is 0. The number of rotatable bonds is 3. The normalized spacial score (nSPS) is 9.91. The van der Waals surface area contributed by atoms with Gasteiger partial charge in [-0.3, -0.25) is 29.9 Å². The zero-order valence-electron chi connectivity index (χ0n) is 25.4. The summed E-state index contributed by atoms with van der Waals surface area (Å²) in [7, 11) is 0. The molecule has 0 aliphatic heterocycles. The van der Waals surface area contributed by atoms with Crippen molar-refractivity contribution >= 4 is 0 Å². The van der Waals surface area contributed by atoms with E-state index in [0.717, 1.165) is 68.3 Å². The van der Waals surface area contributed by atoms with Crippen molar-refractivity contribution in [2.75, 3.05) is 0 Å². The molecule has 6 nitrogen and oxygen atoms in total. The molecule has 0 aliphatic carbocycles. The van der Waals surface area contributed by atoms with E-state index in [0.29, 0.717) is 0 Å². The van der Waals surface area contributed by atoms with Gasteiger partial charge in [-0.05, 0) is 114 Å². The van der Waals surface area contributed by atoms with Crippen molar-refractivity contribution in [3.05, 3.63) is 143 Å². The zero-order valence-corrected chi connectivity index (χ0v) is 27.2. The molecule has 0 N–H and O–H groups in total. The third-order valence-electron chi connectivity index (χ3n) is 6.12. The van der Waals surface area contributed by atoms with Gasteiger partial charge in [-0.25, -0.2) is 0 Å². The second kappa shape index (κ2) is 16.2. The Morgan fingerprint density at radius 3 is 0.512 bits per heavy atom. The van der Waals surface area contributed by atoms with Crippen LogP contribution in [-0.2, 0) is 19.5 Å². The van der Waals surface area contributed by atoms with Gasteiger partial charge < -0.3 is 0 Å². The van der Waals surface area contributed by atoms with E-state index >= 15 is 0 Å². The average Bonchev–Trinajstić information content (AvgIpc) is 2.98. The van der Waals surface area contributed by atoms with Crippen LogP contribution in [0, 0.1) is 41.5 Å². The first kappa shape index (κ1) is 33.0. The fourth-order valence-electron chi connectivity index (χ4n) is 4.11. The fraction of sp³-hybridized carbons (Fsp3) is 0.167. The first-order valence-electron chi connectivity index (χ1n) is 13.9. The van der Waals surface area contributed by atoms with Gasteiger partial charge in [-0.2, -0.15) is 0 Å². The van der Waals surface area contributed by atoms with Crippen molar-refractivity contribution in [3.8, 4) is 34.2 Å². The van der Waals surface area contributed by atoms with Gasteiger partial charge in [0, 0.05) is 34.2 Å². The topological polar surface area (TPSA) is 77.3 Å². The summed E-state index contributed by atoms with van der Waals surface area (Å²) in [6.45, 7) is 11.9. The molecule has 6 rings (SSSR count). The fourth-order valence-corrected chi connectivity index (χ4v) is 4.11. The van der Waals surface area contributed by atoms with E-state index in [-0.39, 0.29) is 19.5 Å². The first-order valence-corrected chi connectivity index (χ1v) is 13.9. The Morgan fingerprint density at radius 2 is 0.395 bits per heavy atom. The summed E-state index contributed by atoms with van der Waals surface area (Å²) in [6, 6.07) is 35.8. The Morgan fingerprint density at radius 1 is 0.256 bits per heavy atom.